The fourth-order valence-electron chi connectivity index (χ4n) is 2.06. The molecule has 21 heavy (non-hydrogen) atoms. The first-order valence-corrected chi connectivity index (χ1v) is 6.71. The Kier molecular flexibility index (Phi) is 3.74. The third kappa shape index (κ3) is 3.15. The van der Waals surface area contributed by atoms with Crippen LogP contribution in [0.2, 0.25) is 0 Å². The highest BCUT2D eigenvalue weighted by Gasteiger charge is 2.03. The average Bonchev–Trinajstić information content (AvgIpc) is 2.55. The second-order valence-corrected chi connectivity index (χ2v) is 4.62. The number of hydrogen-bond donors (Lipinski definition) is 1. The number of aromatic amines is 1. The molecule has 0 fully saturated rings. The van der Waals surface area contributed by atoms with Crippen LogP contribution >= 0.6 is 0 Å². The summed E-state index contributed by atoms with van der Waals surface area (Å²) in [5, 5.41) is 0. The topological polar surface area (TPSA) is 45.8 Å². The minimum Gasteiger partial charge on any atom is -0.306 e. The number of nitrogens with one attached hydrogen (secondary N) is 1. The van der Waals surface area contributed by atoms with Gasteiger partial charge in [0.2, 0.25) is 0 Å². The van der Waals surface area contributed by atoms with Crippen LogP contribution in [-0.2, 0) is 0 Å². The van der Waals surface area contributed by atoms with Crippen molar-refractivity contribution in [2.75, 3.05) is 0 Å². The highest BCUT2D eigenvalue weighted by atomic mass is 16.1. The maximum Gasteiger partial charge on any atom is 0.258 e. The van der Waals surface area contributed by atoms with Gasteiger partial charge < -0.3 is 4.98 Å². The Labute approximate surface area is 122 Å². The van der Waals surface area contributed by atoms with Gasteiger partial charge in [-0.05, 0) is 17.2 Å². The van der Waals surface area contributed by atoms with Gasteiger partial charge in [-0.3, -0.25) is 4.79 Å². The van der Waals surface area contributed by atoms with Gasteiger partial charge in [0.1, 0.15) is 5.82 Å². The Morgan fingerprint density at radius 1 is 0.857 bits per heavy atom. The lowest BCUT2D eigenvalue weighted by molar-refractivity contribution is 1.09. The normalized spacial score (nSPS) is 10.9. The molecule has 0 saturated heterocycles. The lowest BCUT2D eigenvalue weighted by Crippen LogP contribution is -2.11. The molecule has 0 amide bonds. The van der Waals surface area contributed by atoms with Crippen molar-refractivity contribution in [1.82, 2.24) is 9.97 Å². The third-order valence-electron chi connectivity index (χ3n) is 3.14. The van der Waals surface area contributed by atoms with Gasteiger partial charge in [0.25, 0.3) is 5.56 Å². The summed E-state index contributed by atoms with van der Waals surface area (Å²) in [5.74, 6) is 0.545. The van der Waals surface area contributed by atoms with Crippen LogP contribution in [0, 0.1) is 0 Å². The van der Waals surface area contributed by atoms with Crippen LogP contribution in [0.25, 0.3) is 23.3 Å². The molecule has 0 aliphatic carbocycles. The quantitative estimate of drug-likeness (QED) is 0.793. The maximum absolute atomic E-state index is 12.1. The monoisotopic (exact) mass is 274 g/mol. The van der Waals surface area contributed by atoms with E-state index >= 15 is 0 Å². The lowest BCUT2D eigenvalue weighted by atomic mass is 10.1. The van der Waals surface area contributed by atoms with E-state index in [4.69, 9.17) is 0 Å². The molecule has 0 spiro atoms. The maximum atomic E-state index is 12.1. The van der Waals surface area contributed by atoms with Crippen LogP contribution in [0.1, 0.15) is 11.4 Å². The van der Waals surface area contributed by atoms with E-state index in [1.807, 2.05) is 66.7 Å². The summed E-state index contributed by atoms with van der Waals surface area (Å²) >= 11 is 0. The molecular formula is C18H14N2O. The number of hydrogen-bond acceptors (Lipinski definition) is 2. The van der Waals surface area contributed by atoms with Gasteiger partial charge in [-0.25, -0.2) is 4.98 Å². The second-order valence-electron chi connectivity index (χ2n) is 4.62. The lowest BCUT2D eigenvalue weighted by Gasteiger charge is -2.00. The summed E-state index contributed by atoms with van der Waals surface area (Å²) in [4.78, 5) is 19.2. The zero-order valence-electron chi connectivity index (χ0n) is 11.4. The van der Waals surface area contributed by atoms with Crippen molar-refractivity contribution in [3.05, 3.63) is 88.6 Å². The highest BCUT2D eigenvalue weighted by Crippen LogP contribution is 2.13. The van der Waals surface area contributed by atoms with E-state index in [9.17, 15) is 4.79 Å². The molecule has 0 unspecified atom stereocenters. The van der Waals surface area contributed by atoms with E-state index in [1.54, 1.807) is 12.3 Å². The Hall–Kier alpha value is -2.94. The summed E-state index contributed by atoms with van der Waals surface area (Å²) in [6, 6.07) is 19.4. The Bertz CT molecular complexity index is 805. The molecule has 3 heteroatoms. The van der Waals surface area contributed by atoms with Crippen molar-refractivity contribution in [1.29, 1.82) is 0 Å². The van der Waals surface area contributed by atoms with Crippen molar-refractivity contribution in [2.24, 2.45) is 0 Å². The van der Waals surface area contributed by atoms with Gasteiger partial charge in [0, 0.05) is 6.20 Å². The molecule has 0 aliphatic heterocycles. The molecule has 0 aliphatic rings. The van der Waals surface area contributed by atoms with Crippen LogP contribution < -0.4 is 5.56 Å². The molecule has 102 valence electrons. The Morgan fingerprint density at radius 3 is 2.19 bits per heavy atom. The van der Waals surface area contributed by atoms with Crippen LogP contribution in [0.3, 0.4) is 0 Å². The predicted octanol–water partition coefficient (Wildman–Crippen LogP) is 3.61. The molecule has 1 N–H and O–H groups in total. The SMILES string of the molecule is O=c1[nH]c(/C=C/c2ccccc2)ncc1-c1ccccc1. The van der Waals surface area contributed by atoms with Gasteiger partial charge in [-0.2, -0.15) is 0 Å². The molecule has 0 bridgehead atoms. The first kappa shape index (κ1) is 13.1. The number of aromatic nitrogens is 2. The fourth-order valence-corrected chi connectivity index (χ4v) is 2.06. The van der Waals surface area contributed by atoms with Gasteiger partial charge in [0.05, 0.1) is 5.56 Å². The van der Waals surface area contributed by atoms with Crippen molar-refractivity contribution < 1.29 is 0 Å². The van der Waals surface area contributed by atoms with E-state index in [0.717, 1.165) is 11.1 Å². The van der Waals surface area contributed by atoms with Gasteiger partial charge in [0.15, 0.2) is 0 Å². The van der Waals surface area contributed by atoms with E-state index in [-0.39, 0.29) is 5.56 Å². The van der Waals surface area contributed by atoms with Crippen LogP contribution in [0.15, 0.2) is 71.7 Å². The van der Waals surface area contributed by atoms with E-state index in [2.05, 4.69) is 9.97 Å². The minimum absolute atomic E-state index is 0.135. The van der Waals surface area contributed by atoms with Crippen molar-refractivity contribution in [3.63, 3.8) is 0 Å². The number of benzene rings is 2. The molecule has 2 aromatic carbocycles. The zero-order chi connectivity index (χ0) is 14.5. The molecule has 3 nitrogen and oxygen atoms in total. The van der Waals surface area contributed by atoms with Crippen LogP contribution in [0.4, 0.5) is 0 Å². The standard InChI is InChI=1S/C18H14N2O/c21-18-16(15-9-5-2-6-10-15)13-19-17(20-18)12-11-14-7-3-1-4-8-14/h1-13H,(H,19,20,21)/b12-11+. The Balaban J connectivity index is 1.89. The first-order valence-electron chi connectivity index (χ1n) is 6.71. The molecule has 3 aromatic rings. The molecule has 1 aromatic heterocycles. The Morgan fingerprint density at radius 2 is 1.52 bits per heavy atom. The molecule has 1 heterocycles. The van der Waals surface area contributed by atoms with Crippen molar-refractivity contribution >= 4 is 12.2 Å². The average molecular weight is 274 g/mol. The van der Waals surface area contributed by atoms with Gasteiger partial charge in [-0.1, -0.05) is 66.7 Å². The molecular weight excluding hydrogens is 260 g/mol. The molecule has 3 rings (SSSR count). The minimum atomic E-state index is -0.135. The number of nitrogens with zero attached hydrogens (tertiary/aromatic N) is 1. The predicted molar refractivity (Wildman–Crippen MR) is 85.7 cm³/mol. The summed E-state index contributed by atoms with van der Waals surface area (Å²) in [6.07, 6.45) is 5.32. The zero-order valence-corrected chi connectivity index (χ0v) is 11.4. The van der Waals surface area contributed by atoms with Gasteiger partial charge >= 0.3 is 0 Å². The largest absolute Gasteiger partial charge is 0.306 e. The second kappa shape index (κ2) is 6.01. The number of rotatable bonds is 3. The van der Waals surface area contributed by atoms with Crippen molar-refractivity contribution in [3.8, 4) is 11.1 Å². The highest BCUT2D eigenvalue weighted by molar-refractivity contribution is 5.67. The molecule has 0 atom stereocenters. The van der Waals surface area contributed by atoms with E-state index in [1.165, 1.54) is 0 Å². The third-order valence-corrected chi connectivity index (χ3v) is 3.14. The smallest absolute Gasteiger partial charge is 0.258 e. The van der Waals surface area contributed by atoms with Crippen molar-refractivity contribution in [2.45, 2.75) is 0 Å². The summed E-state index contributed by atoms with van der Waals surface area (Å²) in [7, 11) is 0. The molecule has 0 radical (unpaired) electrons. The first-order chi connectivity index (χ1) is 10.3. The number of H-pyrrole nitrogens is 1. The molecule has 0 saturated carbocycles. The fraction of sp³-hybridized carbons (Fsp3) is 0. The van der Waals surface area contributed by atoms with Crippen LogP contribution in [-0.4, -0.2) is 9.97 Å². The summed E-state index contributed by atoms with van der Waals surface area (Å²) in [5.41, 5.74) is 2.37. The summed E-state index contributed by atoms with van der Waals surface area (Å²) in [6.45, 7) is 0. The van der Waals surface area contributed by atoms with Crippen LogP contribution in [0.5, 0.6) is 0 Å². The van der Waals surface area contributed by atoms with Gasteiger partial charge in [-0.15, -0.1) is 0 Å². The van der Waals surface area contributed by atoms with E-state index in [0.29, 0.717) is 11.4 Å². The summed E-state index contributed by atoms with van der Waals surface area (Å²) < 4.78 is 0. The van der Waals surface area contributed by atoms with E-state index < -0.39 is 0 Å².